The minimum Gasteiger partial charge on any atom is -0.495 e. The molecule has 0 saturated heterocycles. The summed E-state index contributed by atoms with van der Waals surface area (Å²) >= 11 is 0. The second kappa shape index (κ2) is 9.07. The molecule has 0 fully saturated rings. The van der Waals surface area contributed by atoms with Gasteiger partial charge in [0, 0.05) is 0 Å². The molecule has 0 aromatic heterocycles. The number of carbonyl (C=O) groups excluding carboxylic acids is 3. The van der Waals surface area contributed by atoms with Gasteiger partial charge in [0.15, 0.2) is 0 Å². The Balaban J connectivity index is 3.19. The van der Waals surface area contributed by atoms with Crippen LogP contribution in [0.25, 0.3) is 0 Å². The zero-order chi connectivity index (χ0) is 19.9. The zero-order valence-corrected chi connectivity index (χ0v) is 16.0. The number of hydrogen-bond donors (Lipinski definition) is 0. The highest BCUT2D eigenvalue weighted by molar-refractivity contribution is 5.91. The molecule has 0 bridgehead atoms. The van der Waals surface area contributed by atoms with E-state index in [4.69, 9.17) is 9.47 Å². The second-order valence-corrected chi connectivity index (χ2v) is 6.40. The topological polar surface area (TPSA) is 91.4 Å². The lowest BCUT2D eigenvalue weighted by Gasteiger charge is -2.25. The first kappa shape index (κ1) is 21.3. The van der Waals surface area contributed by atoms with Gasteiger partial charge in [0.05, 0.1) is 32.6 Å². The number of hydrogen-bond acceptors (Lipinski definition) is 8. The Morgan fingerprint density at radius 1 is 0.962 bits per heavy atom. The van der Waals surface area contributed by atoms with Crippen LogP contribution in [0.15, 0.2) is 18.2 Å². The van der Waals surface area contributed by atoms with Gasteiger partial charge in [-0.15, -0.1) is 0 Å². The predicted molar refractivity (Wildman–Crippen MR) is 94.4 cm³/mol. The minimum absolute atomic E-state index is 0.187. The van der Waals surface area contributed by atoms with Gasteiger partial charge in [0.1, 0.15) is 24.4 Å². The summed E-state index contributed by atoms with van der Waals surface area (Å²) in [4.78, 5) is 37.0. The molecule has 0 spiro atoms. The number of rotatable bonds is 7. The van der Waals surface area contributed by atoms with E-state index >= 15 is 0 Å². The third-order valence-corrected chi connectivity index (χ3v) is 3.25. The Bertz CT molecular complexity index is 646. The van der Waals surface area contributed by atoms with Gasteiger partial charge in [-0.1, -0.05) is 0 Å². The van der Waals surface area contributed by atoms with Crippen LogP contribution < -0.4 is 9.64 Å². The Morgan fingerprint density at radius 3 is 1.92 bits per heavy atom. The van der Waals surface area contributed by atoms with Crippen LogP contribution >= 0.6 is 0 Å². The molecule has 8 nitrogen and oxygen atoms in total. The van der Waals surface area contributed by atoms with E-state index in [1.54, 1.807) is 26.8 Å². The number of nitrogens with zero attached hydrogens (tertiary/aromatic N) is 1. The number of methoxy groups -OCH3 is 3. The SMILES string of the molecule is COC(=O)CN(CC(=O)OC)c1ccc(C(=O)OC(C)(C)C)cc1OC. The van der Waals surface area contributed by atoms with Gasteiger partial charge >= 0.3 is 17.9 Å². The fraction of sp³-hybridized carbons (Fsp3) is 0.500. The summed E-state index contributed by atoms with van der Waals surface area (Å²) in [6.45, 7) is 4.93. The maximum absolute atomic E-state index is 12.2. The molecule has 26 heavy (non-hydrogen) atoms. The molecule has 0 aliphatic heterocycles. The second-order valence-electron chi connectivity index (χ2n) is 6.40. The van der Waals surface area contributed by atoms with Crippen molar-refractivity contribution in [3.63, 3.8) is 0 Å². The lowest BCUT2D eigenvalue weighted by molar-refractivity contribution is -0.140. The summed E-state index contributed by atoms with van der Waals surface area (Å²) in [6.07, 6.45) is 0. The Hall–Kier alpha value is -2.77. The van der Waals surface area contributed by atoms with Gasteiger partial charge < -0.3 is 23.8 Å². The summed E-state index contributed by atoms with van der Waals surface area (Å²) in [7, 11) is 3.93. The number of anilines is 1. The van der Waals surface area contributed by atoms with Crippen molar-refractivity contribution in [2.24, 2.45) is 0 Å². The quantitative estimate of drug-likeness (QED) is 0.532. The Kier molecular flexibility index (Phi) is 7.42. The number of benzene rings is 1. The first-order chi connectivity index (χ1) is 12.1. The van der Waals surface area contributed by atoms with E-state index < -0.39 is 23.5 Å². The van der Waals surface area contributed by atoms with Crippen LogP contribution in [0, 0.1) is 0 Å². The van der Waals surface area contributed by atoms with Crippen molar-refractivity contribution in [1.82, 2.24) is 0 Å². The lowest BCUT2D eigenvalue weighted by atomic mass is 10.1. The normalized spacial score (nSPS) is 10.7. The summed E-state index contributed by atoms with van der Waals surface area (Å²) in [6, 6.07) is 4.60. The number of ether oxygens (including phenoxy) is 4. The predicted octanol–water partition coefficient (Wildman–Crippen LogP) is 1.80. The van der Waals surface area contributed by atoms with Gasteiger partial charge in [-0.2, -0.15) is 0 Å². The molecule has 0 heterocycles. The van der Waals surface area contributed by atoms with E-state index in [0.29, 0.717) is 11.4 Å². The maximum Gasteiger partial charge on any atom is 0.338 e. The van der Waals surface area contributed by atoms with E-state index in [-0.39, 0.29) is 18.7 Å². The lowest BCUT2D eigenvalue weighted by Crippen LogP contribution is -2.36. The molecule has 1 rings (SSSR count). The van der Waals surface area contributed by atoms with Gasteiger partial charge in [0.25, 0.3) is 0 Å². The number of carbonyl (C=O) groups is 3. The van der Waals surface area contributed by atoms with Crippen molar-refractivity contribution >= 4 is 23.6 Å². The molecule has 0 saturated carbocycles. The molecule has 0 aliphatic rings. The van der Waals surface area contributed by atoms with Crippen LogP contribution in [0.4, 0.5) is 5.69 Å². The van der Waals surface area contributed by atoms with Crippen LogP contribution in [0.5, 0.6) is 5.75 Å². The van der Waals surface area contributed by atoms with Gasteiger partial charge in [-0.3, -0.25) is 9.59 Å². The van der Waals surface area contributed by atoms with Crippen molar-refractivity contribution in [2.45, 2.75) is 26.4 Å². The van der Waals surface area contributed by atoms with E-state index in [0.717, 1.165) is 0 Å². The van der Waals surface area contributed by atoms with Crippen LogP contribution in [0.1, 0.15) is 31.1 Å². The van der Waals surface area contributed by atoms with Crippen molar-refractivity contribution < 1.29 is 33.3 Å². The van der Waals surface area contributed by atoms with E-state index in [1.165, 1.54) is 38.4 Å². The van der Waals surface area contributed by atoms with E-state index in [2.05, 4.69) is 9.47 Å². The molecule has 1 aromatic rings. The molecule has 0 atom stereocenters. The maximum atomic E-state index is 12.2. The molecule has 0 unspecified atom stereocenters. The van der Waals surface area contributed by atoms with Crippen LogP contribution in [0.3, 0.4) is 0 Å². The smallest absolute Gasteiger partial charge is 0.338 e. The van der Waals surface area contributed by atoms with E-state index in [1.807, 2.05) is 0 Å². The molecule has 8 heteroatoms. The molecule has 0 amide bonds. The summed E-state index contributed by atoms with van der Waals surface area (Å²) in [5, 5.41) is 0. The third-order valence-electron chi connectivity index (χ3n) is 3.25. The summed E-state index contributed by atoms with van der Waals surface area (Å²) < 4.78 is 20.0. The number of esters is 3. The van der Waals surface area contributed by atoms with Crippen molar-refractivity contribution in [2.75, 3.05) is 39.3 Å². The molecule has 0 N–H and O–H groups in total. The average molecular weight is 367 g/mol. The summed E-state index contributed by atoms with van der Waals surface area (Å²) in [5.41, 5.74) is 0.0948. The third kappa shape index (κ3) is 6.27. The van der Waals surface area contributed by atoms with Crippen molar-refractivity contribution in [3.8, 4) is 5.75 Å². The monoisotopic (exact) mass is 367 g/mol. The molecule has 144 valence electrons. The average Bonchev–Trinajstić information content (AvgIpc) is 2.58. The van der Waals surface area contributed by atoms with Gasteiger partial charge in [-0.25, -0.2) is 4.79 Å². The molecule has 0 aliphatic carbocycles. The first-order valence-corrected chi connectivity index (χ1v) is 7.91. The van der Waals surface area contributed by atoms with Crippen molar-refractivity contribution in [3.05, 3.63) is 23.8 Å². The molecular weight excluding hydrogens is 342 g/mol. The fourth-order valence-electron chi connectivity index (χ4n) is 2.07. The van der Waals surface area contributed by atoms with Gasteiger partial charge in [-0.05, 0) is 39.0 Å². The van der Waals surface area contributed by atoms with Crippen LogP contribution in [-0.4, -0.2) is 57.9 Å². The highest BCUT2D eigenvalue weighted by atomic mass is 16.6. The Morgan fingerprint density at radius 2 is 1.50 bits per heavy atom. The molecular formula is C18H25NO7. The van der Waals surface area contributed by atoms with Gasteiger partial charge in [0.2, 0.25) is 0 Å². The van der Waals surface area contributed by atoms with Crippen molar-refractivity contribution in [1.29, 1.82) is 0 Å². The zero-order valence-electron chi connectivity index (χ0n) is 16.0. The highest BCUT2D eigenvalue weighted by Gasteiger charge is 2.23. The Labute approximate surface area is 153 Å². The van der Waals surface area contributed by atoms with Crippen LogP contribution in [-0.2, 0) is 23.8 Å². The standard InChI is InChI=1S/C18H25NO7/c1-18(2,3)26-17(22)12-7-8-13(14(9-12)23-4)19(10-15(20)24-5)11-16(21)25-6/h7-9H,10-11H2,1-6H3. The molecule has 1 aromatic carbocycles. The highest BCUT2D eigenvalue weighted by Crippen LogP contribution is 2.30. The largest absolute Gasteiger partial charge is 0.495 e. The minimum atomic E-state index is -0.634. The fourth-order valence-corrected chi connectivity index (χ4v) is 2.07. The molecule has 0 radical (unpaired) electrons. The van der Waals surface area contributed by atoms with E-state index in [9.17, 15) is 14.4 Å². The summed E-state index contributed by atoms with van der Waals surface area (Å²) in [5.74, 6) is -1.27. The van der Waals surface area contributed by atoms with Crippen LogP contribution in [0.2, 0.25) is 0 Å². The first-order valence-electron chi connectivity index (χ1n) is 7.91.